The van der Waals surface area contributed by atoms with Crippen molar-refractivity contribution in [2.24, 2.45) is 28.9 Å². The van der Waals surface area contributed by atoms with E-state index in [2.05, 4.69) is 39.5 Å². The van der Waals surface area contributed by atoms with Crippen LogP contribution < -0.4 is 5.73 Å². The molecule has 1 unspecified atom stereocenters. The lowest BCUT2D eigenvalue weighted by Crippen LogP contribution is -2.55. The van der Waals surface area contributed by atoms with Crippen LogP contribution in [-0.2, 0) is 0 Å². The Balaban J connectivity index is 1.99. The Morgan fingerprint density at radius 3 is 2.15 bits per heavy atom. The summed E-state index contributed by atoms with van der Waals surface area (Å²) in [6.45, 7) is 15.4. The third-order valence-electron chi connectivity index (χ3n) is 6.36. The highest BCUT2D eigenvalue weighted by molar-refractivity contribution is 5.00. The van der Waals surface area contributed by atoms with Crippen LogP contribution in [0.25, 0.3) is 0 Å². The average molecular weight is 280 g/mol. The minimum atomic E-state index is 0.325. The molecule has 1 aliphatic carbocycles. The normalized spacial score (nSPS) is 36.8. The summed E-state index contributed by atoms with van der Waals surface area (Å²) in [5, 5.41) is 0. The Bertz CT molecular complexity index is 308. The largest absolute Gasteiger partial charge is 0.329 e. The van der Waals surface area contributed by atoms with Gasteiger partial charge in [0.2, 0.25) is 0 Å². The molecule has 0 bridgehead atoms. The first-order valence-corrected chi connectivity index (χ1v) is 8.73. The summed E-state index contributed by atoms with van der Waals surface area (Å²) in [4.78, 5) is 2.76. The fourth-order valence-electron chi connectivity index (χ4n) is 4.43. The van der Waals surface area contributed by atoms with E-state index in [0.717, 1.165) is 24.3 Å². The van der Waals surface area contributed by atoms with Crippen LogP contribution in [0.1, 0.15) is 66.7 Å². The van der Waals surface area contributed by atoms with E-state index in [9.17, 15) is 0 Å². The zero-order valence-corrected chi connectivity index (χ0v) is 14.4. The molecule has 0 spiro atoms. The molecule has 0 aromatic rings. The maximum absolute atomic E-state index is 6.25. The Hall–Kier alpha value is -0.0800. The molecule has 1 heterocycles. The first-order valence-electron chi connectivity index (χ1n) is 8.73. The highest BCUT2D eigenvalue weighted by Crippen LogP contribution is 2.44. The highest BCUT2D eigenvalue weighted by atomic mass is 15.2. The van der Waals surface area contributed by atoms with Gasteiger partial charge in [-0.25, -0.2) is 0 Å². The van der Waals surface area contributed by atoms with E-state index in [4.69, 9.17) is 5.73 Å². The summed E-state index contributed by atoms with van der Waals surface area (Å²) in [7, 11) is 0. The molecular formula is C18H36N2. The summed E-state index contributed by atoms with van der Waals surface area (Å²) in [5.41, 5.74) is 7.04. The van der Waals surface area contributed by atoms with Crippen LogP contribution >= 0.6 is 0 Å². The van der Waals surface area contributed by atoms with Gasteiger partial charge < -0.3 is 5.73 Å². The van der Waals surface area contributed by atoms with Gasteiger partial charge in [-0.05, 0) is 61.8 Å². The quantitative estimate of drug-likeness (QED) is 0.849. The lowest BCUT2D eigenvalue weighted by molar-refractivity contribution is 0.0331. The molecule has 2 rings (SSSR count). The maximum atomic E-state index is 6.25. The third-order valence-corrected chi connectivity index (χ3v) is 6.36. The van der Waals surface area contributed by atoms with Gasteiger partial charge in [0, 0.05) is 18.6 Å². The maximum Gasteiger partial charge on any atom is 0.0332 e. The van der Waals surface area contributed by atoms with Crippen LogP contribution in [0.5, 0.6) is 0 Å². The van der Waals surface area contributed by atoms with Gasteiger partial charge in [0.15, 0.2) is 0 Å². The molecule has 2 nitrogen and oxygen atoms in total. The van der Waals surface area contributed by atoms with Crippen LogP contribution in [0.4, 0.5) is 0 Å². The topological polar surface area (TPSA) is 29.3 Å². The average Bonchev–Trinajstić information content (AvgIpc) is 2.88. The number of rotatable bonds is 3. The fraction of sp³-hybridized carbons (Fsp3) is 1.00. The Morgan fingerprint density at radius 1 is 1.15 bits per heavy atom. The molecular weight excluding hydrogens is 244 g/mol. The van der Waals surface area contributed by atoms with Gasteiger partial charge in [-0.3, -0.25) is 4.90 Å². The first kappa shape index (κ1) is 16.3. The molecule has 0 amide bonds. The van der Waals surface area contributed by atoms with Crippen molar-refractivity contribution in [3.63, 3.8) is 0 Å². The monoisotopic (exact) mass is 280 g/mol. The van der Waals surface area contributed by atoms with Crippen LogP contribution in [0.2, 0.25) is 0 Å². The fourth-order valence-corrected chi connectivity index (χ4v) is 4.43. The van der Waals surface area contributed by atoms with Crippen molar-refractivity contribution in [1.29, 1.82) is 0 Å². The molecule has 2 heteroatoms. The zero-order chi connectivity index (χ0) is 15.0. The van der Waals surface area contributed by atoms with E-state index in [1.807, 2.05) is 0 Å². The molecule has 118 valence electrons. The van der Waals surface area contributed by atoms with Gasteiger partial charge in [-0.15, -0.1) is 0 Å². The third kappa shape index (κ3) is 3.22. The van der Waals surface area contributed by atoms with Crippen molar-refractivity contribution in [3.05, 3.63) is 0 Å². The summed E-state index contributed by atoms with van der Waals surface area (Å²) >= 11 is 0. The van der Waals surface area contributed by atoms with E-state index < -0.39 is 0 Å². The molecule has 2 aliphatic rings. The molecule has 2 N–H and O–H groups in total. The molecule has 20 heavy (non-hydrogen) atoms. The molecule has 0 radical (unpaired) electrons. The number of hydrogen-bond acceptors (Lipinski definition) is 2. The molecule has 0 aromatic carbocycles. The lowest BCUT2D eigenvalue weighted by Gasteiger charge is -2.48. The number of likely N-dealkylation sites (tertiary alicyclic amines) is 1. The Kier molecular flexibility index (Phi) is 4.86. The van der Waals surface area contributed by atoms with Gasteiger partial charge in [-0.1, -0.05) is 34.6 Å². The van der Waals surface area contributed by atoms with Gasteiger partial charge >= 0.3 is 0 Å². The van der Waals surface area contributed by atoms with Crippen molar-refractivity contribution in [3.8, 4) is 0 Å². The predicted molar refractivity (Wildman–Crippen MR) is 87.7 cm³/mol. The SMILES string of the molecule is CC(C)C1CCN(C2(CN)CCC(C(C)(C)C)CC2)C1. The lowest BCUT2D eigenvalue weighted by atomic mass is 9.67. The molecule has 1 saturated carbocycles. The number of nitrogens with zero attached hydrogens (tertiary/aromatic N) is 1. The summed E-state index contributed by atoms with van der Waals surface area (Å²) in [5.74, 6) is 2.59. The van der Waals surface area contributed by atoms with Gasteiger partial charge in [0.25, 0.3) is 0 Å². The van der Waals surface area contributed by atoms with E-state index in [1.54, 1.807) is 0 Å². The summed E-state index contributed by atoms with van der Waals surface area (Å²) < 4.78 is 0. The van der Waals surface area contributed by atoms with Crippen molar-refractivity contribution in [1.82, 2.24) is 4.90 Å². The summed E-state index contributed by atoms with van der Waals surface area (Å²) in [6.07, 6.45) is 6.74. The van der Waals surface area contributed by atoms with Crippen molar-refractivity contribution < 1.29 is 0 Å². The second-order valence-corrected chi connectivity index (χ2v) is 8.81. The second-order valence-electron chi connectivity index (χ2n) is 8.81. The van der Waals surface area contributed by atoms with Crippen LogP contribution in [-0.4, -0.2) is 30.1 Å². The van der Waals surface area contributed by atoms with Crippen molar-refractivity contribution in [2.45, 2.75) is 72.3 Å². The minimum Gasteiger partial charge on any atom is -0.329 e. The Morgan fingerprint density at radius 2 is 1.75 bits per heavy atom. The van der Waals surface area contributed by atoms with Crippen LogP contribution in [0.3, 0.4) is 0 Å². The number of hydrogen-bond donors (Lipinski definition) is 1. The molecule has 2 fully saturated rings. The van der Waals surface area contributed by atoms with Gasteiger partial charge in [-0.2, -0.15) is 0 Å². The zero-order valence-electron chi connectivity index (χ0n) is 14.4. The van der Waals surface area contributed by atoms with Crippen LogP contribution in [0.15, 0.2) is 0 Å². The second kappa shape index (κ2) is 5.96. The molecule has 1 aliphatic heterocycles. The predicted octanol–water partition coefficient (Wildman–Crippen LogP) is 3.90. The smallest absolute Gasteiger partial charge is 0.0332 e. The summed E-state index contributed by atoms with van der Waals surface area (Å²) in [6, 6.07) is 0. The molecule has 0 aromatic heterocycles. The van der Waals surface area contributed by atoms with Crippen molar-refractivity contribution >= 4 is 0 Å². The number of nitrogens with two attached hydrogens (primary N) is 1. The molecule has 1 saturated heterocycles. The molecule has 1 atom stereocenters. The van der Waals surface area contributed by atoms with E-state index in [1.165, 1.54) is 45.2 Å². The first-order chi connectivity index (χ1) is 9.28. The van der Waals surface area contributed by atoms with Crippen LogP contribution in [0, 0.1) is 23.2 Å². The van der Waals surface area contributed by atoms with Gasteiger partial charge in [0.05, 0.1) is 0 Å². The van der Waals surface area contributed by atoms with Crippen molar-refractivity contribution in [2.75, 3.05) is 19.6 Å². The van der Waals surface area contributed by atoms with E-state index >= 15 is 0 Å². The standard InChI is InChI=1S/C18H36N2/c1-14(2)15-8-11-20(12-15)18(13-19)9-6-16(7-10-18)17(3,4)5/h14-16H,6-13,19H2,1-5H3. The minimum absolute atomic E-state index is 0.325. The highest BCUT2D eigenvalue weighted by Gasteiger charge is 2.44. The van der Waals surface area contributed by atoms with E-state index in [0.29, 0.717) is 11.0 Å². The van der Waals surface area contributed by atoms with Gasteiger partial charge in [0.1, 0.15) is 0 Å². The van der Waals surface area contributed by atoms with E-state index in [-0.39, 0.29) is 0 Å². The Labute approximate surface area is 126 Å².